The summed E-state index contributed by atoms with van der Waals surface area (Å²) in [5.41, 5.74) is 1.44. The van der Waals surface area contributed by atoms with Crippen molar-refractivity contribution in [2.45, 2.75) is 6.61 Å². The molecule has 0 amide bonds. The van der Waals surface area contributed by atoms with Gasteiger partial charge in [-0.05, 0) is 24.3 Å². The monoisotopic (exact) mass is 258 g/mol. The fourth-order valence-corrected chi connectivity index (χ4v) is 1.90. The number of rotatable bonds is 3. The standard InChI is InChI=1S/C15H11FO3/c16-11-2-1-3-13(6-11)18-8-10-9-19-15-7-12(17)4-5-14(10)15/h1-7,9,17H,8H2. The van der Waals surface area contributed by atoms with Crippen molar-refractivity contribution >= 4 is 11.0 Å². The number of furan rings is 1. The van der Waals surface area contributed by atoms with Gasteiger partial charge in [0.15, 0.2) is 0 Å². The smallest absolute Gasteiger partial charge is 0.137 e. The van der Waals surface area contributed by atoms with Crippen molar-refractivity contribution in [3.63, 3.8) is 0 Å². The van der Waals surface area contributed by atoms with Crippen molar-refractivity contribution in [3.8, 4) is 11.5 Å². The molecule has 0 spiro atoms. The minimum atomic E-state index is -0.334. The van der Waals surface area contributed by atoms with Gasteiger partial charge in [0.1, 0.15) is 29.5 Å². The van der Waals surface area contributed by atoms with E-state index in [1.165, 1.54) is 12.1 Å². The quantitative estimate of drug-likeness (QED) is 0.775. The molecule has 3 nitrogen and oxygen atoms in total. The Morgan fingerprint density at radius 3 is 2.89 bits per heavy atom. The molecule has 1 heterocycles. The number of halogens is 1. The number of hydrogen-bond donors (Lipinski definition) is 1. The molecule has 0 saturated carbocycles. The van der Waals surface area contributed by atoms with Gasteiger partial charge in [-0.1, -0.05) is 6.07 Å². The normalized spacial score (nSPS) is 10.8. The van der Waals surface area contributed by atoms with Gasteiger partial charge in [0, 0.05) is 23.1 Å². The highest BCUT2D eigenvalue weighted by Gasteiger charge is 2.07. The van der Waals surface area contributed by atoms with Crippen LogP contribution in [0.15, 0.2) is 53.1 Å². The lowest BCUT2D eigenvalue weighted by molar-refractivity contribution is 0.304. The number of phenolic OH excluding ortho intramolecular Hbond substituents is 1. The lowest BCUT2D eigenvalue weighted by Gasteiger charge is -2.04. The van der Waals surface area contributed by atoms with E-state index in [-0.39, 0.29) is 18.2 Å². The van der Waals surface area contributed by atoms with Gasteiger partial charge >= 0.3 is 0 Å². The van der Waals surface area contributed by atoms with E-state index in [1.807, 2.05) is 0 Å². The molecular formula is C15H11FO3. The summed E-state index contributed by atoms with van der Waals surface area (Å²) < 4.78 is 23.8. The highest BCUT2D eigenvalue weighted by atomic mass is 19.1. The zero-order valence-corrected chi connectivity index (χ0v) is 9.97. The van der Waals surface area contributed by atoms with Crippen LogP contribution < -0.4 is 4.74 Å². The molecule has 2 aromatic carbocycles. The Bertz CT molecular complexity index is 718. The first-order valence-corrected chi connectivity index (χ1v) is 5.80. The van der Waals surface area contributed by atoms with E-state index in [0.29, 0.717) is 11.3 Å². The Kier molecular flexibility index (Phi) is 2.83. The first kappa shape index (κ1) is 11.6. The topological polar surface area (TPSA) is 42.6 Å². The third kappa shape index (κ3) is 2.38. The Balaban J connectivity index is 1.82. The summed E-state index contributed by atoms with van der Waals surface area (Å²) in [5, 5.41) is 10.2. The van der Waals surface area contributed by atoms with Gasteiger partial charge in [-0.15, -0.1) is 0 Å². The first-order valence-electron chi connectivity index (χ1n) is 5.80. The minimum Gasteiger partial charge on any atom is -0.508 e. The molecule has 0 aliphatic rings. The van der Waals surface area contributed by atoms with Crippen LogP contribution in [0.3, 0.4) is 0 Å². The molecule has 0 aliphatic carbocycles. The van der Waals surface area contributed by atoms with E-state index in [0.717, 1.165) is 10.9 Å². The van der Waals surface area contributed by atoms with Gasteiger partial charge < -0.3 is 14.3 Å². The van der Waals surface area contributed by atoms with E-state index >= 15 is 0 Å². The summed E-state index contributed by atoms with van der Waals surface area (Å²) in [7, 11) is 0. The maximum Gasteiger partial charge on any atom is 0.137 e. The third-order valence-corrected chi connectivity index (χ3v) is 2.83. The van der Waals surface area contributed by atoms with E-state index < -0.39 is 0 Å². The van der Waals surface area contributed by atoms with Crippen LogP contribution in [0.5, 0.6) is 11.5 Å². The summed E-state index contributed by atoms with van der Waals surface area (Å²) in [5.74, 6) is 0.284. The number of phenols is 1. The van der Waals surface area contributed by atoms with E-state index in [1.54, 1.807) is 36.6 Å². The lowest BCUT2D eigenvalue weighted by atomic mass is 10.2. The van der Waals surface area contributed by atoms with E-state index in [9.17, 15) is 9.50 Å². The highest BCUT2D eigenvalue weighted by Crippen LogP contribution is 2.26. The number of ether oxygens (including phenoxy) is 1. The van der Waals surface area contributed by atoms with Crippen LogP contribution in [0.1, 0.15) is 5.56 Å². The largest absolute Gasteiger partial charge is 0.508 e. The number of benzene rings is 2. The van der Waals surface area contributed by atoms with E-state index in [4.69, 9.17) is 9.15 Å². The van der Waals surface area contributed by atoms with Crippen molar-refractivity contribution in [2.75, 3.05) is 0 Å². The van der Waals surface area contributed by atoms with Crippen molar-refractivity contribution < 1.29 is 18.7 Å². The second kappa shape index (κ2) is 4.65. The molecular weight excluding hydrogens is 247 g/mol. The third-order valence-electron chi connectivity index (χ3n) is 2.83. The molecule has 0 radical (unpaired) electrons. The van der Waals surface area contributed by atoms with Crippen LogP contribution in [-0.2, 0) is 6.61 Å². The SMILES string of the molecule is Oc1ccc2c(COc3cccc(F)c3)coc2c1. The van der Waals surface area contributed by atoms with Gasteiger partial charge in [0.05, 0.1) is 6.26 Å². The van der Waals surface area contributed by atoms with Gasteiger partial charge in [-0.25, -0.2) is 4.39 Å². The van der Waals surface area contributed by atoms with Crippen LogP contribution in [0, 0.1) is 5.82 Å². The second-order valence-corrected chi connectivity index (χ2v) is 4.19. The molecule has 0 unspecified atom stereocenters. The first-order chi connectivity index (χ1) is 9.22. The average Bonchev–Trinajstić information content (AvgIpc) is 2.78. The Labute approximate surface area is 108 Å². The van der Waals surface area contributed by atoms with Crippen molar-refractivity contribution in [2.24, 2.45) is 0 Å². The fourth-order valence-electron chi connectivity index (χ4n) is 1.90. The van der Waals surface area contributed by atoms with Gasteiger partial charge in [0.25, 0.3) is 0 Å². The molecule has 0 fully saturated rings. The number of aromatic hydroxyl groups is 1. The van der Waals surface area contributed by atoms with Crippen LogP contribution in [-0.4, -0.2) is 5.11 Å². The predicted molar refractivity (Wildman–Crippen MR) is 68.6 cm³/mol. The van der Waals surface area contributed by atoms with Crippen LogP contribution in [0.2, 0.25) is 0 Å². The van der Waals surface area contributed by atoms with Crippen molar-refractivity contribution in [1.82, 2.24) is 0 Å². The Morgan fingerprint density at radius 2 is 2.05 bits per heavy atom. The maximum absolute atomic E-state index is 13.0. The van der Waals surface area contributed by atoms with Gasteiger partial charge in [-0.2, -0.15) is 0 Å². The summed E-state index contributed by atoms with van der Waals surface area (Å²) in [6.45, 7) is 0.279. The minimum absolute atomic E-state index is 0.152. The highest BCUT2D eigenvalue weighted by molar-refractivity contribution is 5.82. The molecule has 0 aliphatic heterocycles. The number of hydrogen-bond acceptors (Lipinski definition) is 3. The molecule has 3 rings (SSSR count). The molecule has 0 atom stereocenters. The van der Waals surface area contributed by atoms with Gasteiger partial charge in [-0.3, -0.25) is 0 Å². The molecule has 0 bridgehead atoms. The molecule has 4 heteroatoms. The molecule has 96 valence electrons. The van der Waals surface area contributed by atoms with Crippen LogP contribution >= 0.6 is 0 Å². The summed E-state index contributed by atoms with van der Waals surface area (Å²) in [4.78, 5) is 0. The second-order valence-electron chi connectivity index (χ2n) is 4.19. The summed E-state index contributed by atoms with van der Waals surface area (Å²) in [6, 6.07) is 10.9. The predicted octanol–water partition coefficient (Wildman–Crippen LogP) is 3.86. The maximum atomic E-state index is 13.0. The van der Waals surface area contributed by atoms with Gasteiger partial charge in [0.2, 0.25) is 0 Å². The Morgan fingerprint density at radius 1 is 1.16 bits per heavy atom. The zero-order valence-electron chi connectivity index (χ0n) is 9.97. The van der Waals surface area contributed by atoms with Crippen molar-refractivity contribution in [1.29, 1.82) is 0 Å². The average molecular weight is 258 g/mol. The molecule has 1 N–H and O–H groups in total. The molecule has 19 heavy (non-hydrogen) atoms. The fraction of sp³-hybridized carbons (Fsp3) is 0.0667. The van der Waals surface area contributed by atoms with Crippen LogP contribution in [0.25, 0.3) is 11.0 Å². The molecule has 0 saturated heterocycles. The molecule has 3 aromatic rings. The Hall–Kier alpha value is -2.49. The summed E-state index contributed by atoms with van der Waals surface area (Å²) in [6.07, 6.45) is 1.57. The summed E-state index contributed by atoms with van der Waals surface area (Å²) >= 11 is 0. The zero-order chi connectivity index (χ0) is 13.2. The number of fused-ring (bicyclic) bond motifs is 1. The van der Waals surface area contributed by atoms with Crippen LogP contribution in [0.4, 0.5) is 4.39 Å². The van der Waals surface area contributed by atoms with Crippen molar-refractivity contribution in [3.05, 3.63) is 60.1 Å². The van der Waals surface area contributed by atoms with E-state index in [2.05, 4.69) is 0 Å². The molecule has 1 aromatic heterocycles. The lowest BCUT2D eigenvalue weighted by Crippen LogP contribution is -1.94.